The van der Waals surface area contributed by atoms with Gasteiger partial charge < -0.3 is 10.0 Å². The van der Waals surface area contributed by atoms with Gasteiger partial charge >= 0.3 is 6.09 Å². The van der Waals surface area contributed by atoms with Crippen LogP contribution in [0.3, 0.4) is 0 Å². The lowest BCUT2D eigenvalue weighted by molar-refractivity contribution is 0.0821. The molecule has 1 aromatic rings. The van der Waals surface area contributed by atoms with Gasteiger partial charge in [-0.1, -0.05) is 23.2 Å². The molecule has 1 N–H and O–H groups in total. The number of nitrogens with zero attached hydrogens (tertiary/aromatic N) is 1. The van der Waals surface area contributed by atoms with E-state index in [2.05, 4.69) is 0 Å². The molecule has 2 rings (SSSR count). The van der Waals surface area contributed by atoms with Crippen LogP contribution in [-0.4, -0.2) is 35.0 Å². The summed E-state index contributed by atoms with van der Waals surface area (Å²) in [5, 5.41) is 9.63. The van der Waals surface area contributed by atoms with E-state index < -0.39 is 6.09 Å². The molecule has 0 saturated carbocycles. The number of rotatable bonds is 2. The molecule has 1 aliphatic rings. The second-order valence-corrected chi connectivity index (χ2v) is 5.35. The van der Waals surface area contributed by atoms with Gasteiger partial charge in [0.05, 0.1) is 10.0 Å². The predicted octanol–water partition coefficient (Wildman–Crippen LogP) is 3.57. The third-order valence-electron chi connectivity index (χ3n) is 3.34. The van der Waals surface area contributed by atoms with Crippen molar-refractivity contribution < 1.29 is 14.7 Å². The first kappa shape index (κ1) is 14.2. The molecule has 0 radical (unpaired) electrons. The van der Waals surface area contributed by atoms with Crippen molar-refractivity contribution in [2.24, 2.45) is 5.92 Å². The summed E-state index contributed by atoms with van der Waals surface area (Å²) in [6, 6.07) is 4.82. The second-order valence-electron chi connectivity index (χ2n) is 4.54. The summed E-state index contributed by atoms with van der Waals surface area (Å²) < 4.78 is 0. The van der Waals surface area contributed by atoms with Crippen LogP contribution in [0.2, 0.25) is 10.0 Å². The van der Waals surface area contributed by atoms with Crippen LogP contribution in [0.5, 0.6) is 0 Å². The Labute approximate surface area is 120 Å². The lowest BCUT2D eigenvalue weighted by atomic mass is 9.89. The molecule has 6 heteroatoms. The van der Waals surface area contributed by atoms with Crippen molar-refractivity contribution in [2.75, 3.05) is 13.1 Å². The van der Waals surface area contributed by atoms with Gasteiger partial charge in [0.2, 0.25) is 0 Å². The van der Waals surface area contributed by atoms with E-state index in [1.807, 2.05) is 0 Å². The molecule has 0 bridgehead atoms. The van der Waals surface area contributed by atoms with Crippen LogP contribution >= 0.6 is 23.2 Å². The molecule has 102 valence electrons. The molecule has 1 amide bonds. The quantitative estimate of drug-likeness (QED) is 0.850. The molecule has 0 aromatic heterocycles. The standard InChI is InChI=1S/C13H13Cl2NO3/c14-10-2-1-9(7-11(10)15)12(17)8-3-5-16(6-4-8)13(18)19/h1-2,7-8H,3-6H2,(H,18,19). The largest absolute Gasteiger partial charge is 0.465 e. The number of Topliss-reactive ketones (excluding diaryl/α,β-unsaturated/α-hetero) is 1. The molecular weight excluding hydrogens is 289 g/mol. The molecule has 1 fully saturated rings. The van der Waals surface area contributed by atoms with Crippen molar-refractivity contribution in [2.45, 2.75) is 12.8 Å². The highest BCUT2D eigenvalue weighted by atomic mass is 35.5. The minimum atomic E-state index is -0.930. The number of halogens is 2. The maximum absolute atomic E-state index is 12.3. The van der Waals surface area contributed by atoms with E-state index in [9.17, 15) is 9.59 Å². The van der Waals surface area contributed by atoms with Crippen LogP contribution in [0.1, 0.15) is 23.2 Å². The Hall–Kier alpha value is -1.26. The molecule has 1 heterocycles. The molecule has 19 heavy (non-hydrogen) atoms. The van der Waals surface area contributed by atoms with Crippen LogP contribution < -0.4 is 0 Å². The predicted molar refractivity (Wildman–Crippen MR) is 73.1 cm³/mol. The minimum Gasteiger partial charge on any atom is -0.465 e. The van der Waals surface area contributed by atoms with Crippen molar-refractivity contribution in [3.8, 4) is 0 Å². The third kappa shape index (κ3) is 3.19. The fourth-order valence-corrected chi connectivity index (χ4v) is 2.52. The lowest BCUT2D eigenvalue weighted by Crippen LogP contribution is -2.39. The molecule has 0 spiro atoms. The average Bonchev–Trinajstić information content (AvgIpc) is 2.41. The Morgan fingerprint density at radius 2 is 1.79 bits per heavy atom. The highest BCUT2D eigenvalue weighted by Gasteiger charge is 2.27. The Morgan fingerprint density at radius 1 is 1.16 bits per heavy atom. The molecule has 1 aliphatic heterocycles. The van der Waals surface area contributed by atoms with Gasteiger partial charge in [0.15, 0.2) is 5.78 Å². The number of carboxylic acid groups (broad SMARTS) is 1. The van der Waals surface area contributed by atoms with Gasteiger partial charge in [0.1, 0.15) is 0 Å². The first-order chi connectivity index (χ1) is 8.99. The number of carbonyl (C=O) groups excluding carboxylic acids is 1. The zero-order valence-corrected chi connectivity index (χ0v) is 11.6. The van der Waals surface area contributed by atoms with E-state index in [4.69, 9.17) is 28.3 Å². The van der Waals surface area contributed by atoms with Gasteiger partial charge in [-0.3, -0.25) is 4.79 Å². The second kappa shape index (κ2) is 5.80. The summed E-state index contributed by atoms with van der Waals surface area (Å²) in [7, 11) is 0. The Kier molecular flexibility index (Phi) is 4.32. The molecule has 0 atom stereocenters. The number of ketones is 1. The number of hydrogen-bond donors (Lipinski definition) is 1. The van der Waals surface area contributed by atoms with Crippen molar-refractivity contribution in [1.29, 1.82) is 0 Å². The Balaban J connectivity index is 2.05. The first-order valence-electron chi connectivity index (χ1n) is 5.96. The topological polar surface area (TPSA) is 57.6 Å². The fourth-order valence-electron chi connectivity index (χ4n) is 2.22. The van der Waals surface area contributed by atoms with Crippen LogP contribution in [-0.2, 0) is 0 Å². The number of amides is 1. The summed E-state index contributed by atoms with van der Waals surface area (Å²) in [6.07, 6.45) is 0.164. The van der Waals surface area contributed by atoms with E-state index in [0.29, 0.717) is 41.5 Å². The summed E-state index contributed by atoms with van der Waals surface area (Å²) in [5.74, 6) is -0.142. The summed E-state index contributed by atoms with van der Waals surface area (Å²) >= 11 is 11.7. The van der Waals surface area contributed by atoms with Gasteiger partial charge in [-0.15, -0.1) is 0 Å². The van der Waals surface area contributed by atoms with Crippen LogP contribution in [0.15, 0.2) is 18.2 Å². The highest BCUT2D eigenvalue weighted by Crippen LogP contribution is 2.26. The zero-order valence-electron chi connectivity index (χ0n) is 10.1. The van der Waals surface area contributed by atoms with E-state index in [1.54, 1.807) is 18.2 Å². The maximum Gasteiger partial charge on any atom is 0.407 e. The molecule has 1 aromatic carbocycles. The van der Waals surface area contributed by atoms with Crippen molar-refractivity contribution in [3.05, 3.63) is 33.8 Å². The van der Waals surface area contributed by atoms with Crippen LogP contribution in [0.25, 0.3) is 0 Å². The Morgan fingerprint density at radius 3 is 2.32 bits per heavy atom. The van der Waals surface area contributed by atoms with Gasteiger partial charge in [-0.05, 0) is 31.0 Å². The average molecular weight is 302 g/mol. The normalized spacial score (nSPS) is 16.4. The number of likely N-dealkylation sites (tertiary alicyclic amines) is 1. The monoisotopic (exact) mass is 301 g/mol. The van der Waals surface area contributed by atoms with E-state index in [1.165, 1.54) is 4.90 Å². The number of piperidine rings is 1. The minimum absolute atomic E-state index is 0.00334. The number of hydrogen-bond acceptors (Lipinski definition) is 2. The lowest BCUT2D eigenvalue weighted by Gasteiger charge is -2.29. The van der Waals surface area contributed by atoms with Crippen LogP contribution in [0, 0.1) is 5.92 Å². The van der Waals surface area contributed by atoms with Gasteiger partial charge in [-0.2, -0.15) is 0 Å². The van der Waals surface area contributed by atoms with E-state index in [-0.39, 0.29) is 11.7 Å². The first-order valence-corrected chi connectivity index (χ1v) is 6.72. The molecule has 4 nitrogen and oxygen atoms in total. The molecule has 0 unspecified atom stereocenters. The summed E-state index contributed by atoms with van der Waals surface area (Å²) in [6.45, 7) is 0.792. The zero-order chi connectivity index (χ0) is 14.0. The van der Waals surface area contributed by atoms with Crippen molar-refractivity contribution in [1.82, 2.24) is 4.90 Å². The van der Waals surface area contributed by atoms with Crippen LogP contribution in [0.4, 0.5) is 4.79 Å². The van der Waals surface area contributed by atoms with Crippen molar-refractivity contribution >= 4 is 35.1 Å². The number of benzene rings is 1. The Bertz CT molecular complexity index is 511. The summed E-state index contributed by atoms with van der Waals surface area (Å²) in [5.41, 5.74) is 0.531. The fraction of sp³-hybridized carbons (Fsp3) is 0.385. The molecular formula is C13H13Cl2NO3. The van der Waals surface area contributed by atoms with Gasteiger partial charge in [0.25, 0.3) is 0 Å². The van der Waals surface area contributed by atoms with Crippen molar-refractivity contribution in [3.63, 3.8) is 0 Å². The highest BCUT2D eigenvalue weighted by molar-refractivity contribution is 6.42. The molecule has 1 saturated heterocycles. The van der Waals surface area contributed by atoms with Gasteiger partial charge in [0, 0.05) is 24.6 Å². The molecule has 0 aliphatic carbocycles. The van der Waals surface area contributed by atoms with E-state index in [0.717, 1.165) is 0 Å². The summed E-state index contributed by atoms with van der Waals surface area (Å²) in [4.78, 5) is 24.4. The smallest absolute Gasteiger partial charge is 0.407 e. The maximum atomic E-state index is 12.3. The number of carbonyl (C=O) groups is 2. The third-order valence-corrected chi connectivity index (χ3v) is 4.08. The van der Waals surface area contributed by atoms with Gasteiger partial charge in [-0.25, -0.2) is 4.79 Å². The SMILES string of the molecule is O=C(c1ccc(Cl)c(Cl)c1)C1CCN(C(=O)O)CC1. The van der Waals surface area contributed by atoms with E-state index >= 15 is 0 Å².